The molecule has 1 saturated heterocycles. The van der Waals surface area contributed by atoms with Gasteiger partial charge in [0.05, 0.1) is 4.91 Å². The SMILES string of the molecule is O=C(CCCCCN1C(=O)C(=Cc2ccc(Cl)cc2)SC1=S)Nc1ccccc1. The summed E-state index contributed by atoms with van der Waals surface area (Å²) in [6, 6.07) is 16.7. The van der Waals surface area contributed by atoms with Crippen molar-refractivity contribution < 1.29 is 9.59 Å². The summed E-state index contributed by atoms with van der Waals surface area (Å²) in [5.41, 5.74) is 1.72. The van der Waals surface area contributed by atoms with Crippen LogP contribution in [0.4, 0.5) is 5.69 Å². The van der Waals surface area contributed by atoms with Crippen LogP contribution in [0.25, 0.3) is 6.08 Å². The van der Waals surface area contributed by atoms with Crippen molar-refractivity contribution in [3.05, 3.63) is 70.1 Å². The number of hydrogen-bond donors (Lipinski definition) is 1. The molecule has 0 atom stereocenters. The van der Waals surface area contributed by atoms with E-state index in [1.165, 1.54) is 11.8 Å². The normalized spacial score (nSPS) is 15.2. The standard InChI is InChI=1S/C22H21ClN2O2S2/c23-17-12-10-16(11-13-17)15-19-21(27)25(22(28)29-19)14-6-2-5-9-20(26)24-18-7-3-1-4-8-18/h1,3-4,7-8,10-13,15H,2,5-6,9,14H2,(H,24,26). The quantitative estimate of drug-likeness (QED) is 0.320. The maximum atomic E-state index is 12.6. The highest BCUT2D eigenvalue weighted by Crippen LogP contribution is 2.33. The van der Waals surface area contributed by atoms with Gasteiger partial charge >= 0.3 is 0 Å². The zero-order valence-electron chi connectivity index (χ0n) is 15.8. The summed E-state index contributed by atoms with van der Waals surface area (Å²) in [6.45, 7) is 0.572. The van der Waals surface area contributed by atoms with Crippen LogP contribution in [0.3, 0.4) is 0 Å². The van der Waals surface area contributed by atoms with Gasteiger partial charge in [-0.3, -0.25) is 14.5 Å². The Balaban J connectivity index is 1.41. The molecule has 1 aliphatic heterocycles. The minimum atomic E-state index is -0.0585. The molecule has 3 rings (SSSR count). The lowest BCUT2D eigenvalue weighted by atomic mass is 10.1. The monoisotopic (exact) mass is 444 g/mol. The zero-order chi connectivity index (χ0) is 20.6. The van der Waals surface area contributed by atoms with Crippen LogP contribution in [0.5, 0.6) is 0 Å². The highest BCUT2D eigenvalue weighted by Gasteiger charge is 2.31. The van der Waals surface area contributed by atoms with Gasteiger partial charge in [-0.05, 0) is 48.7 Å². The first-order valence-electron chi connectivity index (χ1n) is 9.39. The van der Waals surface area contributed by atoms with E-state index in [1.807, 2.05) is 48.5 Å². The third-order valence-electron chi connectivity index (χ3n) is 4.38. The van der Waals surface area contributed by atoms with E-state index in [-0.39, 0.29) is 11.8 Å². The van der Waals surface area contributed by atoms with E-state index in [9.17, 15) is 9.59 Å². The van der Waals surface area contributed by atoms with Crippen LogP contribution in [-0.4, -0.2) is 27.6 Å². The number of rotatable bonds is 8. The number of carbonyl (C=O) groups excluding carboxylic acids is 2. The minimum Gasteiger partial charge on any atom is -0.326 e. The van der Waals surface area contributed by atoms with Crippen molar-refractivity contribution in [2.45, 2.75) is 25.7 Å². The molecule has 1 N–H and O–H groups in total. The van der Waals surface area contributed by atoms with Crippen LogP contribution >= 0.6 is 35.6 Å². The summed E-state index contributed by atoms with van der Waals surface area (Å²) in [4.78, 5) is 26.8. The first kappa shape index (κ1) is 21.6. The highest BCUT2D eigenvalue weighted by atomic mass is 35.5. The number of hydrogen-bond acceptors (Lipinski definition) is 4. The average Bonchev–Trinajstić information content (AvgIpc) is 2.97. The Morgan fingerprint density at radius 3 is 2.52 bits per heavy atom. The molecule has 0 spiro atoms. The number of halogens is 1. The summed E-state index contributed by atoms with van der Waals surface area (Å²) in [7, 11) is 0. The van der Waals surface area contributed by atoms with Gasteiger partial charge < -0.3 is 5.32 Å². The smallest absolute Gasteiger partial charge is 0.266 e. The largest absolute Gasteiger partial charge is 0.326 e. The van der Waals surface area contributed by atoms with Crippen molar-refractivity contribution >= 4 is 63.5 Å². The molecule has 2 amide bonds. The number of thiocarbonyl (C=S) groups is 1. The van der Waals surface area contributed by atoms with Crippen LogP contribution in [0.2, 0.25) is 5.02 Å². The molecule has 1 heterocycles. The van der Waals surface area contributed by atoms with E-state index < -0.39 is 0 Å². The third kappa shape index (κ3) is 6.42. The molecule has 0 bridgehead atoms. The third-order valence-corrected chi connectivity index (χ3v) is 6.01. The molecule has 0 unspecified atom stereocenters. The van der Waals surface area contributed by atoms with Gasteiger partial charge in [0.2, 0.25) is 5.91 Å². The fourth-order valence-electron chi connectivity index (χ4n) is 2.88. The molecule has 29 heavy (non-hydrogen) atoms. The molecule has 7 heteroatoms. The predicted molar refractivity (Wildman–Crippen MR) is 125 cm³/mol. The molecule has 0 aromatic heterocycles. The van der Waals surface area contributed by atoms with Gasteiger partial charge in [-0.25, -0.2) is 0 Å². The van der Waals surface area contributed by atoms with Crippen molar-refractivity contribution in [3.63, 3.8) is 0 Å². The first-order valence-corrected chi connectivity index (χ1v) is 11.0. The summed E-state index contributed by atoms with van der Waals surface area (Å²) in [5, 5.41) is 3.54. The Kier molecular flexibility index (Phi) is 7.86. The molecular weight excluding hydrogens is 424 g/mol. The average molecular weight is 445 g/mol. The number of nitrogens with zero attached hydrogens (tertiary/aromatic N) is 1. The fourth-order valence-corrected chi connectivity index (χ4v) is 4.31. The van der Waals surface area contributed by atoms with Crippen LogP contribution in [-0.2, 0) is 9.59 Å². The lowest BCUT2D eigenvalue weighted by Gasteiger charge is -2.14. The summed E-state index contributed by atoms with van der Waals surface area (Å²) < 4.78 is 0.581. The van der Waals surface area contributed by atoms with Gasteiger partial charge in [-0.15, -0.1) is 0 Å². The Morgan fingerprint density at radius 1 is 1.07 bits per heavy atom. The molecule has 2 aromatic carbocycles. The van der Waals surface area contributed by atoms with Crippen LogP contribution in [0, 0.1) is 0 Å². The number of para-hydroxylation sites is 1. The Hall–Kier alpha value is -2.15. The van der Waals surface area contributed by atoms with E-state index in [0.29, 0.717) is 27.2 Å². The van der Waals surface area contributed by atoms with E-state index in [4.69, 9.17) is 23.8 Å². The molecular formula is C22H21ClN2O2S2. The van der Waals surface area contributed by atoms with Gasteiger partial charge in [0.15, 0.2) is 0 Å². The number of thioether (sulfide) groups is 1. The summed E-state index contributed by atoms with van der Waals surface area (Å²) >= 11 is 12.6. The molecule has 0 radical (unpaired) electrons. The van der Waals surface area contributed by atoms with E-state index >= 15 is 0 Å². The van der Waals surface area contributed by atoms with Crippen molar-refractivity contribution in [2.75, 3.05) is 11.9 Å². The number of unbranched alkanes of at least 4 members (excludes halogenated alkanes) is 2. The highest BCUT2D eigenvalue weighted by molar-refractivity contribution is 8.26. The second kappa shape index (κ2) is 10.6. The number of anilines is 1. The number of nitrogens with one attached hydrogen (secondary N) is 1. The Labute approximate surface area is 185 Å². The minimum absolute atomic E-state index is 0.00714. The molecule has 4 nitrogen and oxygen atoms in total. The molecule has 1 fully saturated rings. The van der Waals surface area contributed by atoms with E-state index in [0.717, 1.165) is 30.5 Å². The lowest BCUT2D eigenvalue weighted by molar-refractivity contribution is -0.122. The topological polar surface area (TPSA) is 49.4 Å². The Morgan fingerprint density at radius 2 is 1.79 bits per heavy atom. The van der Waals surface area contributed by atoms with Gasteiger partial charge in [0.25, 0.3) is 5.91 Å². The second-order valence-electron chi connectivity index (χ2n) is 6.61. The fraction of sp³-hybridized carbons (Fsp3) is 0.227. The van der Waals surface area contributed by atoms with Crippen LogP contribution in [0.15, 0.2) is 59.5 Å². The van der Waals surface area contributed by atoms with Crippen molar-refractivity contribution in [1.82, 2.24) is 4.90 Å². The van der Waals surface area contributed by atoms with Gasteiger partial charge in [-0.2, -0.15) is 0 Å². The lowest BCUT2D eigenvalue weighted by Crippen LogP contribution is -2.29. The first-order chi connectivity index (χ1) is 14.0. The van der Waals surface area contributed by atoms with Gasteiger partial charge in [-0.1, -0.05) is 72.3 Å². The van der Waals surface area contributed by atoms with Crippen LogP contribution in [0.1, 0.15) is 31.2 Å². The van der Waals surface area contributed by atoms with Crippen molar-refractivity contribution in [1.29, 1.82) is 0 Å². The maximum Gasteiger partial charge on any atom is 0.266 e. The predicted octanol–water partition coefficient (Wildman–Crippen LogP) is 5.74. The maximum absolute atomic E-state index is 12.6. The number of benzene rings is 2. The molecule has 0 saturated carbocycles. The van der Waals surface area contributed by atoms with Gasteiger partial charge in [0, 0.05) is 23.7 Å². The number of carbonyl (C=O) groups is 2. The molecule has 0 aliphatic carbocycles. The molecule has 1 aliphatic rings. The second-order valence-corrected chi connectivity index (χ2v) is 8.72. The summed E-state index contributed by atoms with van der Waals surface area (Å²) in [5.74, 6) is -0.0514. The van der Waals surface area contributed by atoms with E-state index in [1.54, 1.807) is 17.0 Å². The number of amides is 2. The zero-order valence-corrected chi connectivity index (χ0v) is 18.2. The molecule has 2 aromatic rings. The summed E-state index contributed by atoms with van der Waals surface area (Å²) in [6.07, 6.45) is 4.73. The van der Waals surface area contributed by atoms with Crippen LogP contribution < -0.4 is 5.32 Å². The van der Waals surface area contributed by atoms with E-state index in [2.05, 4.69) is 5.32 Å². The molecule has 150 valence electrons. The Bertz CT molecular complexity index is 914. The van der Waals surface area contributed by atoms with Crippen molar-refractivity contribution in [3.8, 4) is 0 Å². The van der Waals surface area contributed by atoms with Crippen molar-refractivity contribution in [2.24, 2.45) is 0 Å². The van der Waals surface area contributed by atoms with Gasteiger partial charge in [0.1, 0.15) is 4.32 Å².